The van der Waals surface area contributed by atoms with Crippen LogP contribution in [-0.2, 0) is 4.79 Å². The maximum atomic E-state index is 13.0. The van der Waals surface area contributed by atoms with Gasteiger partial charge in [-0.15, -0.1) is 11.8 Å². The maximum Gasteiger partial charge on any atom is 0.269 e. The standard InChI is InChI=1S/C15H10Cl2F2N2O2S/c16-9-1-2-12(17)13(5-9)24-7-14(22)20-21-15(23)8-3-10(18)6-11(19)4-8/h1-6H,7H2,(H,20,22)(H,21,23). The Kier molecular flexibility index (Phi) is 6.42. The largest absolute Gasteiger partial charge is 0.272 e. The molecule has 2 N–H and O–H groups in total. The van der Waals surface area contributed by atoms with Crippen LogP contribution in [0.4, 0.5) is 8.78 Å². The topological polar surface area (TPSA) is 58.2 Å². The summed E-state index contributed by atoms with van der Waals surface area (Å²) < 4.78 is 26.1. The van der Waals surface area contributed by atoms with Crippen molar-refractivity contribution in [1.82, 2.24) is 10.9 Å². The molecule has 2 rings (SSSR count). The third kappa shape index (κ3) is 5.36. The Bertz CT molecular complexity index is 770. The summed E-state index contributed by atoms with van der Waals surface area (Å²) in [4.78, 5) is 24.0. The van der Waals surface area contributed by atoms with Gasteiger partial charge in [-0.05, 0) is 30.3 Å². The number of rotatable bonds is 4. The average molecular weight is 391 g/mol. The molecule has 9 heteroatoms. The third-order valence-corrected chi connectivity index (χ3v) is 4.42. The predicted octanol–water partition coefficient (Wildman–Crippen LogP) is 3.82. The minimum atomic E-state index is -0.891. The average Bonchev–Trinajstić information content (AvgIpc) is 2.52. The summed E-state index contributed by atoms with van der Waals surface area (Å²) in [6.07, 6.45) is 0. The minimum Gasteiger partial charge on any atom is -0.272 e. The van der Waals surface area contributed by atoms with Crippen molar-refractivity contribution in [1.29, 1.82) is 0 Å². The van der Waals surface area contributed by atoms with Crippen molar-refractivity contribution in [2.75, 3.05) is 5.75 Å². The number of nitrogens with one attached hydrogen (secondary N) is 2. The lowest BCUT2D eigenvalue weighted by Gasteiger charge is -2.08. The SMILES string of the molecule is O=C(CSc1cc(Cl)ccc1Cl)NNC(=O)c1cc(F)cc(F)c1. The lowest BCUT2D eigenvalue weighted by molar-refractivity contribution is -0.119. The van der Waals surface area contributed by atoms with E-state index in [1.807, 2.05) is 0 Å². The lowest BCUT2D eigenvalue weighted by Crippen LogP contribution is -2.42. The van der Waals surface area contributed by atoms with Gasteiger partial charge in [-0.1, -0.05) is 23.2 Å². The number of hydrazine groups is 1. The second kappa shape index (κ2) is 8.32. The number of hydrogen-bond donors (Lipinski definition) is 2. The van der Waals surface area contributed by atoms with Crippen molar-refractivity contribution < 1.29 is 18.4 Å². The number of hydrogen-bond acceptors (Lipinski definition) is 3. The third-order valence-electron chi connectivity index (χ3n) is 2.69. The molecule has 0 unspecified atom stereocenters. The second-order valence-electron chi connectivity index (χ2n) is 4.52. The van der Waals surface area contributed by atoms with Gasteiger partial charge in [-0.25, -0.2) is 8.78 Å². The first-order valence-corrected chi connectivity index (χ1v) is 8.22. The highest BCUT2D eigenvalue weighted by Gasteiger charge is 2.11. The summed E-state index contributed by atoms with van der Waals surface area (Å²) in [6.45, 7) is 0. The van der Waals surface area contributed by atoms with E-state index >= 15 is 0 Å². The van der Waals surface area contributed by atoms with Crippen LogP contribution >= 0.6 is 35.0 Å². The molecule has 0 spiro atoms. The molecule has 0 aliphatic rings. The zero-order chi connectivity index (χ0) is 17.7. The molecule has 0 radical (unpaired) electrons. The molecule has 0 saturated carbocycles. The Morgan fingerprint density at radius 3 is 2.33 bits per heavy atom. The molecule has 24 heavy (non-hydrogen) atoms. The first-order chi connectivity index (χ1) is 11.3. The van der Waals surface area contributed by atoms with Crippen LogP contribution in [0.25, 0.3) is 0 Å². The van der Waals surface area contributed by atoms with E-state index in [1.54, 1.807) is 18.2 Å². The van der Waals surface area contributed by atoms with E-state index < -0.39 is 23.4 Å². The quantitative estimate of drug-likeness (QED) is 0.616. The molecule has 0 atom stereocenters. The van der Waals surface area contributed by atoms with Crippen LogP contribution in [0.1, 0.15) is 10.4 Å². The normalized spacial score (nSPS) is 10.3. The van der Waals surface area contributed by atoms with E-state index in [9.17, 15) is 18.4 Å². The Morgan fingerprint density at radius 1 is 1.00 bits per heavy atom. The van der Waals surface area contributed by atoms with Gasteiger partial charge in [0.1, 0.15) is 11.6 Å². The van der Waals surface area contributed by atoms with Crippen molar-refractivity contribution in [2.45, 2.75) is 4.90 Å². The Morgan fingerprint density at radius 2 is 1.67 bits per heavy atom. The van der Waals surface area contributed by atoms with Crippen LogP contribution in [0.15, 0.2) is 41.3 Å². The fraction of sp³-hybridized carbons (Fsp3) is 0.0667. The van der Waals surface area contributed by atoms with Gasteiger partial charge in [-0.3, -0.25) is 20.4 Å². The summed E-state index contributed by atoms with van der Waals surface area (Å²) in [5, 5.41) is 0.917. The van der Waals surface area contributed by atoms with Crippen LogP contribution in [0, 0.1) is 11.6 Å². The number of carbonyl (C=O) groups excluding carboxylic acids is 2. The Balaban J connectivity index is 1.86. The maximum absolute atomic E-state index is 13.0. The van der Waals surface area contributed by atoms with Gasteiger partial charge >= 0.3 is 0 Å². The summed E-state index contributed by atoms with van der Waals surface area (Å²) >= 11 is 12.9. The van der Waals surface area contributed by atoms with Crippen molar-refractivity contribution in [3.8, 4) is 0 Å². The van der Waals surface area contributed by atoms with Crippen LogP contribution in [0.2, 0.25) is 10.0 Å². The highest BCUT2D eigenvalue weighted by molar-refractivity contribution is 8.00. The molecule has 126 valence electrons. The lowest BCUT2D eigenvalue weighted by atomic mass is 10.2. The van der Waals surface area contributed by atoms with E-state index in [-0.39, 0.29) is 11.3 Å². The Hall–Kier alpha value is -1.83. The number of halogens is 4. The highest BCUT2D eigenvalue weighted by Crippen LogP contribution is 2.29. The number of carbonyl (C=O) groups is 2. The van der Waals surface area contributed by atoms with Gasteiger partial charge in [0, 0.05) is 21.5 Å². The van der Waals surface area contributed by atoms with Gasteiger partial charge in [0.05, 0.1) is 10.8 Å². The van der Waals surface area contributed by atoms with E-state index in [0.29, 0.717) is 21.0 Å². The van der Waals surface area contributed by atoms with E-state index in [4.69, 9.17) is 23.2 Å². The molecular formula is C15H10Cl2F2N2O2S. The Labute approximate surface area is 150 Å². The first-order valence-electron chi connectivity index (χ1n) is 6.48. The van der Waals surface area contributed by atoms with E-state index in [2.05, 4.69) is 10.9 Å². The molecule has 2 aromatic rings. The fourth-order valence-corrected chi connectivity index (χ4v) is 2.94. The van der Waals surface area contributed by atoms with Crippen LogP contribution in [-0.4, -0.2) is 17.6 Å². The van der Waals surface area contributed by atoms with E-state index in [0.717, 1.165) is 23.9 Å². The molecule has 0 bridgehead atoms. The zero-order valence-electron chi connectivity index (χ0n) is 11.9. The van der Waals surface area contributed by atoms with Gasteiger partial charge in [0.2, 0.25) is 5.91 Å². The summed E-state index contributed by atoms with van der Waals surface area (Å²) in [6, 6.07) is 7.17. The first kappa shape index (κ1) is 18.5. The number of amides is 2. The predicted molar refractivity (Wildman–Crippen MR) is 89.2 cm³/mol. The highest BCUT2D eigenvalue weighted by atomic mass is 35.5. The van der Waals surface area contributed by atoms with Crippen molar-refractivity contribution in [3.05, 3.63) is 63.6 Å². The number of thioether (sulfide) groups is 1. The minimum absolute atomic E-state index is 0.0438. The van der Waals surface area contributed by atoms with Crippen molar-refractivity contribution in [3.63, 3.8) is 0 Å². The monoisotopic (exact) mass is 390 g/mol. The van der Waals surface area contributed by atoms with Gasteiger partial charge in [0.25, 0.3) is 5.91 Å². The molecule has 0 aliphatic heterocycles. The van der Waals surface area contributed by atoms with Crippen molar-refractivity contribution >= 4 is 46.8 Å². The molecule has 2 amide bonds. The smallest absolute Gasteiger partial charge is 0.269 e. The second-order valence-corrected chi connectivity index (χ2v) is 6.38. The number of benzene rings is 2. The molecule has 0 saturated heterocycles. The molecule has 0 fully saturated rings. The molecule has 4 nitrogen and oxygen atoms in total. The molecule has 2 aromatic carbocycles. The van der Waals surface area contributed by atoms with Crippen molar-refractivity contribution in [2.24, 2.45) is 0 Å². The van der Waals surface area contributed by atoms with Gasteiger partial charge < -0.3 is 0 Å². The summed E-state index contributed by atoms with van der Waals surface area (Å²) in [5.41, 5.74) is 3.96. The van der Waals surface area contributed by atoms with Gasteiger partial charge in [-0.2, -0.15) is 0 Å². The molecule has 0 heterocycles. The van der Waals surface area contributed by atoms with Crippen LogP contribution in [0.5, 0.6) is 0 Å². The molecule has 0 aliphatic carbocycles. The van der Waals surface area contributed by atoms with E-state index in [1.165, 1.54) is 0 Å². The van der Waals surface area contributed by atoms with Crippen LogP contribution in [0.3, 0.4) is 0 Å². The van der Waals surface area contributed by atoms with Gasteiger partial charge in [0.15, 0.2) is 0 Å². The van der Waals surface area contributed by atoms with Crippen LogP contribution < -0.4 is 10.9 Å². The fourth-order valence-electron chi connectivity index (χ4n) is 1.65. The zero-order valence-corrected chi connectivity index (χ0v) is 14.2. The molecule has 0 aromatic heterocycles. The summed E-state index contributed by atoms with van der Waals surface area (Å²) in [7, 11) is 0. The summed E-state index contributed by atoms with van der Waals surface area (Å²) in [5.74, 6) is -3.19. The molecular weight excluding hydrogens is 381 g/mol.